The van der Waals surface area contributed by atoms with Crippen LogP contribution in [0.5, 0.6) is 0 Å². The highest BCUT2D eigenvalue weighted by Crippen LogP contribution is 2.30. The minimum absolute atomic E-state index is 0.254. The highest BCUT2D eigenvalue weighted by molar-refractivity contribution is 7.21. The van der Waals surface area contributed by atoms with Gasteiger partial charge in [-0.2, -0.15) is 0 Å². The molecule has 5 nitrogen and oxygen atoms in total. The van der Waals surface area contributed by atoms with Crippen LogP contribution < -0.4 is 10.9 Å². The van der Waals surface area contributed by atoms with E-state index in [2.05, 4.69) is 15.6 Å². The molecule has 0 unspecified atom stereocenters. The maximum absolute atomic E-state index is 12.0. The molecule has 2 N–H and O–H groups in total. The Balaban J connectivity index is 2.13. The molecule has 0 bridgehead atoms. The van der Waals surface area contributed by atoms with Crippen LogP contribution in [-0.2, 0) is 4.74 Å². The lowest BCUT2D eigenvalue weighted by Crippen LogP contribution is -2.41. The van der Waals surface area contributed by atoms with Crippen LogP contribution in [0.15, 0.2) is 24.3 Å². The second kappa shape index (κ2) is 5.71. The van der Waals surface area contributed by atoms with Crippen LogP contribution in [0.25, 0.3) is 10.1 Å². The van der Waals surface area contributed by atoms with Crippen LogP contribution in [0.3, 0.4) is 0 Å². The van der Waals surface area contributed by atoms with E-state index in [0.717, 1.165) is 15.6 Å². The number of nitrogens with one attached hydrogen (secondary N) is 2. The average Bonchev–Trinajstić information content (AvgIpc) is 2.74. The van der Waals surface area contributed by atoms with Crippen molar-refractivity contribution in [3.8, 4) is 0 Å². The van der Waals surface area contributed by atoms with Crippen molar-refractivity contribution in [2.75, 3.05) is 6.61 Å². The van der Waals surface area contributed by atoms with Crippen LogP contribution >= 0.6 is 11.3 Å². The molecule has 2 rings (SSSR count). The molecule has 1 aromatic heterocycles. The Morgan fingerprint density at radius 1 is 1.26 bits per heavy atom. The van der Waals surface area contributed by atoms with E-state index in [9.17, 15) is 9.59 Å². The Labute approximate surface area is 114 Å². The van der Waals surface area contributed by atoms with E-state index >= 15 is 0 Å². The van der Waals surface area contributed by atoms with Crippen LogP contribution in [0.2, 0.25) is 0 Å². The third kappa shape index (κ3) is 2.85. The van der Waals surface area contributed by atoms with Gasteiger partial charge in [-0.15, -0.1) is 11.3 Å². The molecule has 0 aliphatic heterocycles. The molecule has 0 radical (unpaired) electrons. The van der Waals surface area contributed by atoms with E-state index in [1.807, 2.05) is 31.2 Å². The van der Waals surface area contributed by atoms with Crippen LogP contribution in [0, 0.1) is 6.92 Å². The van der Waals surface area contributed by atoms with Crippen molar-refractivity contribution < 1.29 is 14.3 Å². The van der Waals surface area contributed by atoms with Crippen molar-refractivity contribution in [2.24, 2.45) is 0 Å². The zero-order chi connectivity index (χ0) is 13.8. The summed E-state index contributed by atoms with van der Waals surface area (Å²) in [6.45, 7) is 3.83. The molecule has 0 saturated carbocycles. The van der Waals surface area contributed by atoms with Crippen LogP contribution in [-0.4, -0.2) is 18.6 Å². The van der Waals surface area contributed by atoms with Crippen molar-refractivity contribution in [1.82, 2.24) is 10.9 Å². The predicted octanol–water partition coefficient (Wildman–Crippen LogP) is 2.60. The summed E-state index contributed by atoms with van der Waals surface area (Å²) in [6, 6.07) is 7.79. The molecule has 2 aromatic rings. The van der Waals surface area contributed by atoms with Crippen molar-refractivity contribution in [3.63, 3.8) is 0 Å². The molecule has 1 heterocycles. The van der Waals surface area contributed by atoms with Gasteiger partial charge in [0.15, 0.2) is 0 Å². The number of benzene rings is 1. The summed E-state index contributed by atoms with van der Waals surface area (Å²) in [6.07, 6.45) is -0.672. The lowest BCUT2D eigenvalue weighted by Gasteiger charge is -2.06. The van der Waals surface area contributed by atoms with Gasteiger partial charge >= 0.3 is 6.09 Å². The van der Waals surface area contributed by atoms with Gasteiger partial charge in [-0.3, -0.25) is 10.2 Å². The third-order valence-corrected chi connectivity index (χ3v) is 3.88. The first-order chi connectivity index (χ1) is 9.13. The summed E-state index contributed by atoms with van der Waals surface area (Å²) < 4.78 is 5.70. The molecule has 6 heteroatoms. The maximum atomic E-state index is 12.0. The number of hydrazine groups is 1. The summed E-state index contributed by atoms with van der Waals surface area (Å²) in [5.74, 6) is -0.341. The third-order valence-electron chi connectivity index (χ3n) is 2.60. The van der Waals surface area contributed by atoms with Gasteiger partial charge in [0.25, 0.3) is 5.91 Å². The Hall–Kier alpha value is -2.08. The molecule has 0 aliphatic carbocycles. The van der Waals surface area contributed by atoms with Gasteiger partial charge in [-0.25, -0.2) is 10.2 Å². The fourth-order valence-electron chi connectivity index (χ4n) is 1.72. The largest absolute Gasteiger partial charge is 0.449 e. The molecule has 0 aliphatic rings. The number of carbonyl (C=O) groups excluding carboxylic acids is 2. The Morgan fingerprint density at radius 2 is 2.00 bits per heavy atom. The summed E-state index contributed by atoms with van der Waals surface area (Å²) in [5, 5.41) is 1.05. The van der Waals surface area contributed by atoms with Gasteiger partial charge in [0, 0.05) is 4.70 Å². The highest BCUT2D eigenvalue weighted by Gasteiger charge is 2.15. The van der Waals surface area contributed by atoms with E-state index in [1.165, 1.54) is 11.3 Å². The molecule has 0 atom stereocenters. The number of thiophene rings is 1. The standard InChI is InChI=1S/C13H14N2O3S/c1-3-18-13(17)15-14-12(16)11-8(2)9-6-4-5-7-10(9)19-11/h4-7H,3H2,1-2H3,(H,14,16)(H,15,17). The topological polar surface area (TPSA) is 67.4 Å². The zero-order valence-corrected chi connectivity index (χ0v) is 11.5. The minimum atomic E-state index is -0.672. The summed E-state index contributed by atoms with van der Waals surface area (Å²) >= 11 is 1.39. The highest BCUT2D eigenvalue weighted by atomic mass is 32.1. The van der Waals surface area contributed by atoms with E-state index < -0.39 is 6.09 Å². The first-order valence-electron chi connectivity index (χ1n) is 5.84. The van der Waals surface area contributed by atoms with Crippen molar-refractivity contribution in [1.29, 1.82) is 0 Å². The number of aryl methyl sites for hydroxylation is 1. The van der Waals surface area contributed by atoms with Crippen LogP contribution in [0.4, 0.5) is 4.79 Å². The van der Waals surface area contributed by atoms with Gasteiger partial charge in [0.05, 0.1) is 11.5 Å². The van der Waals surface area contributed by atoms with Crippen LogP contribution in [0.1, 0.15) is 22.2 Å². The molecule has 1 aromatic carbocycles. The fourth-order valence-corrected chi connectivity index (χ4v) is 2.83. The van der Waals surface area contributed by atoms with Gasteiger partial charge < -0.3 is 4.74 Å². The lowest BCUT2D eigenvalue weighted by atomic mass is 10.1. The summed E-state index contributed by atoms with van der Waals surface area (Å²) in [7, 11) is 0. The second-order valence-corrected chi connectivity index (χ2v) is 4.90. The lowest BCUT2D eigenvalue weighted by molar-refractivity contribution is 0.0916. The number of carbonyl (C=O) groups is 2. The molecular formula is C13H14N2O3S. The second-order valence-electron chi connectivity index (χ2n) is 3.85. The smallest absolute Gasteiger partial charge is 0.426 e. The zero-order valence-electron chi connectivity index (χ0n) is 10.6. The molecule has 0 fully saturated rings. The quantitative estimate of drug-likeness (QED) is 0.830. The number of hydrogen-bond acceptors (Lipinski definition) is 4. The fraction of sp³-hybridized carbons (Fsp3) is 0.231. The molecule has 2 amide bonds. The summed E-state index contributed by atoms with van der Waals surface area (Å²) in [4.78, 5) is 23.6. The summed E-state index contributed by atoms with van der Waals surface area (Å²) in [5.41, 5.74) is 5.44. The van der Waals surface area contributed by atoms with Gasteiger partial charge in [0.2, 0.25) is 0 Å². The van der Waals surface area contributed by atoms with E-state index in [0.29, 0.717) is 4.88 Å². The molecule has 100 valence electrons. The molecule has 19 heavy (non-hydrogen) atoms. The Bertz CT molecular complexity index is 621. The van der Waals surface area contributed by atoms with E-state index in [1.54, 1.807) is 6.92 Å². The first kappa shape index (κ1) is 13.4. The number of hydrogen-bond donors (Lipinski definition) is 2. The average molecular weight is 278 g/mol. The van der Waals surface area contributed by atoms with E-state index in [-0.39, 0.29) is 12.5 Å². The van der Waals surface area contributed by atoms with E-state index in [4.69, 9.17) is 0 Å². The molecule has 0 spiro atoms. The number of amides is 2. The van der Waals surface area contributed by atoms with Gasteiger partial charge in [0.1, 0.15) is 0 Å². The first-order valence-corrected chi connectivity index (χ1v) is 6.66. The molecular weight excluding hydrogens is 264 g/mol. The number of ether oxygens (including phenoxy) is 1. The SMILES string of the molecule is CCOC(=O)NNC(=O)c1sc2ccccc2c1C. The van der Waals surface area contributed by atoms with Crippen molar-refractivity contribution in [2.45, 2.75) is 13.8 Å². The Morgan fingerprint density at radius 3 is 2.68 bits per heavy atom. The minimum Gasteiger partial charge on any atom is -0.449 e. The van der Waals surface area contributed by atoms with Gasteiger partial charge in [-0.1, -0.05) is 18.2 Å². The Kier molecular flexibility index (Phi) is 4.01. The molecule has 0 saturated heterocycles. The number of fused-ring (bicyclic) bond motifs is 1. The number of rotatable bonds is 2. The monoisotopic (exact) mass is 278 g/mol. The van der Waals surface area contributed by atoms with Gasteiger partial charge in [-0.05, 0) is 30.9 Å². The van der Waals surface area contributed by atoms with Crippen molar-refractivity contribution >= 4 is 33.4 Å². The predicted molar refractivity (Wildman–Crippen MR) is 74.2 cm³/mol. The van der Waals surface area contributed by atoms with Crippen molar-refractivity contribution in [3.05, 3.63) is 34.7 Å². The maximum Gasteiger partial charge on any atom is 0.426 e. The normalized spacial score (nSPS) is 10.2.